The van der Waals surface area contributed by atoms with Crippen LogP contribution in [0.15, 0.2) is 53.7 Å². The zero-order valence-electron chi connectivity index (χ0n) is 17.0. The van der Waals surface area contributed by atoms with Crippen molar-refractivity contribution >= 4 is 29.3 Å². The van der Waals surface area contributed by atoms with Crippen LogP contribution < -0.4 is 15.9 Å². The number of hydrogen-bond acceptors (Lipinski definition) is 7. The zero-order valence-corrected chi connectivity index (χ0v) is 17.8. The van der Waals surface area contributed by atoms with E-state index in [0.29, 0.717) is 5.69 Å². The first-order valence-corrected chi connectivity index (χ1v) is 10.3. The SMILES string of the molecule is CN(CC(=O)Nc1ccc(F)cc1)C(=O)CSc1nnc(COc2ccccc2F)n1N. The number of para-hydroxylation sites is 1. The van der Waals surface area contributed by atoms with Crippen molar-refractivity contribution in [3.8, 4) is 5.75 Å². The van der Waals surface area contributed by atoms with Crippen LogP contribution in [0.3, 0.4) is 0 Å². The topological polar surface area (TPSA) is 115 Å². The second-order valence-electron chi connectivity index (χ2n) is 6.58. The van der Waals surface area contributed by atoms with E-state index in [2.05, 4.69) is 15.5 Å². The van der Waals surface area contributed by atoms with Crippen LogP contribution in [-0.4, -0.2) is 50.9 Å². The Hall–Kier alpha value is -3.67. The first-order valence-electron chi connectivity index (χ1n) is 9.32. The van der Waals surface area contributed by atoms with E-state index in [9.17, 15) is 18.4 Å². The average molecular weight is 462 g/mol. The highest BCUT2D eigenvalue weighted by molar-refractivity contribution is 7.99. The lowest BCUT2D eigenvalue weighted by molar-refractivity contribution is -0.131. The molecule has 0 saturated heterocycles. The normalized spacial score (nSPS) is 10.6. The molecule has 1 heterocycles. The molecule has 0 fully saturated rings. The molecule has 1 aromatic heterocycles. The third kappa shape index (κ3) is 6.17. The molecule has 0 bridgehead atoms. The third-order valence-electron chi connectivity index (χ3n) is 4.19. The molecule has 3 aromatic rings. The number of carbonyl (C=O) groups excluding carboxylic acids is 2. The van der Waals surface area contributed by atoms with Crippen LogP contribution in [0.4, 0.5) is 14.5 Å². The molecular weight excluding hydrogens is 442 g/mol. The van der Waals surface area contributed by atoms with E-state index in [4.69, 9.17) is 10.6 Å². The number of rotatable bonds is 9. The number of ether oxygens (including phenoxy) is 1. The molecule has 168 valence electrons. The van der Waals surface area contributed by atoms with E-state index < -0.39 is 17.5 Å². The van der Waals surface area contributed by atoms with E-state index in [-0.39, 0.29) is 41.5 Å². The highest BCUT2D eigenvalue weighted by Crippen LogP contribution is 2.19. The van der Waals surface area contributed by atoms with E-state index in [0.717, 1.165) is 16.4 Å². The van der Waals surface area contributed by atoms with Crippen molar-refractivity contribution in [1.29, 1.82) is 0 Å². The summed E-state index contributed by atoms with van der Waals surface area (Å²) in [5.74, 6) is 4.50. The summed E-state index contributed by atoms with van der Waals surface area (Å²) in [6.07, 6.45) is 0. The molecule has 0 aliphatic heterocycles. The van der Waals surface area contributed by atoms with Gasteiger partial charge < -0.3 is 20.8 Å². The van der Waals surface area contributed by atoms with E-state index >= 15 is 0 Å². The standard InChI is InChI=1S/C20H20F2N6O3S/c1-27(10-18(29)24-14-8-6-13(21)7-9-14)19(30)12-32-20-26-25-17(28(20)23)11-31-16-5-3-2-4-15(16)22/h2-9H,10-12,23H2,1H3,(H,24,29). The fourth-order valence-corrected chi connectivity index (χ4v) is 3.30. The summed E-state index contributed by atoms with van der Waals surface area (Å²) in [5, 5.41) is 10.6. The third-order valence-corrected chi connectivity index (χ3v) is 5.12. The van der Waals surface area contributed by atoms with Gasteiger partial charge in [-0.05, 0) is 36.4 Å². The van der Waals surface area contributed by atoms with Crippen LogP contribution >= 0.6 is 11.8 Å². The molecular formula is C20H20F2N6O3S. The van der Waals surface area contributed by atoms with Gasteiger partial charge in [0.15, 0.2) is 17.4 Å². The maximum atomic E-state index is 13.6. The van der Waals surface area contributed by atoms with Gasteiger partial charge in [0.05, 0.1) is 12.3 Å². The number of nitrogen functional groups attached to an aromatic ring is 1. The molecule has 0 saturated carbocycles. The van der Waals surface area contributed by atoms with Gasteiger partial charge in [-0.1, -0.05) is 23.9 Å². The van der Waals surface area contributed by atoms with Gasteiger partial charge in [0.25, 0.3) is 0 Å². The first kappa shape index (κ1) is 23.0. The van der Waals surface area contributed by atoms with Crippen molar-refractivity contribution in [1.82, 2.24) is 19.8 Å². The minimum atomic E-state index is -0.512. The summed E-state index contributed by atoms with van der Waals surface area (Å²) in [7, 11) is 1.48. The van der Waals surface area contributed by atoms with Crippen molar-refractivity contribution in [3.63, 3.8) is 0 Å². The van der Waals surface area contributed by atoms with Gasteiger partial charge in [-0.2, -0.15) is 0 Å². The van der Waals surface area contributed by atoms with Crippen molar-refractivity contribution in [2.45, 2.75) is 11.8 Å². The number of benzene rings is 2. The number of halogens is 2. The van der Waals surface area contributed by atoms with Crippen LogP contribution in [0.2, 0.25) is 0 Å². The first-order chi connectivity index (χ1) is 15.3. The molecule has 12 heteroatoms. The minimum absolute atomic E-state index is 0.0379. The summed E-state index contributed by atoms with van der Waals surface area (Å²) >= 11 is 1.03. The van der Waals surface area contributed by atoms with E-state index in [1.165, 1.54) is 48.3 Å². The summed E-state index contributed by atoms with van der Waals surface area (Å²) in [6, 6.07) is 11.2. The molecule has 0 spiro atoms. The van der Waals surface area contributed by atoms with Crippen molar-refractivity contribution in [3.05, 3.63) is 66.0 Å². The molecule has 0 aliphatic rings. The van der Waals surface area contributed by atoms with Crippen LogP contribution in [0.1, 0.15) is 5.82 Å². The van der Waals surface area contributed by atoms with E-state index in [1.807, 2.05) is 0 Å². The number of carbonyl (C=O) groups is 2. The average Bonchev–Trinajstić information content (AvgIpc) is 3.12. The molecule has 0 atom stereocenters. The van der Waals surface area contributed by atoms with Crippen LogP contribution in [0.5, 0.6) is 5.75 Å². The fourth-order valence-electron chi connectivity index (χ4n) is 2.48. The number of hydrogen-bond donors (Lipinski definition) is 2. The van der Waals surface area contributed by atoms with Crippen molar-refractivity contribution < 1.29 is 23.1 Å². The van der Waals surface area contributed by atoms with Gasteiger partial charge in [-0.3, -0.25) is 9.59 Å². The predicted octanol–water partition coefficient (Wildman–Crippen LogP) is 2.04. The monoisotopic (exact) mass is 462 g/mol. The van der Waals surface area contributed by atoms with Gasteiger partial charge >= 0.3 is 0 Å². The number of likely N-dealkylation sites (N-methyl/N-ethyl adjacent to an activating group) is 1. The van der Waals surface area contributed by atoms with Crippen LogP contribution in [0, 0.1) is 11.6 Å². The maximum absolute atomic E-state index is 13.6. The van der Waals surface area contributed by atoms with Gasteiger partial charge in [0.2, 0.25) is 17.0 Å². The Bertz CT molecular complexity index is 1090. The highest BCUT2D eigenvalue weighted by atomic mass is 32.2. The molecule has 9 nitrogen and oxygen atoms in total. The molecule has 32 heavy (non-hydrogen) atoms. The molecule has 0 aliphatic carbocycles. The Morgan fingerprint density at radius 2 is 1.88 bits per heavy atom. The summed E-state index contributed by atoms with van der Waals surface area (Å²) in [6.45, 7) is -0.295. The summed E-state index contributed by atoms with van der Waals surface area (Å²) in [4.78, 5) is 25.6. The quantitative estimate of drug-likeness (QED) is 0.369. The second kappa shape index (κ2) is 10.6. The molecule has 2 amide bonds. The number of aromatic nitrogens is 3. The predicted molar refractivity (Wildman–Crippen MR) is 114 cm³/mol. The Labute approximate surface area is 186 Å². The van der Waals surface area contributed by atoms with Gasteiger partial charge in [-0.15, -0.1) is 10.2 Å². The number of nitrogens with one attached hydrogen (secondary N) is 1. The number of thioether (sulfide) groups is 1. The number of nitrogens with two attached hydrogens (primary N) is 1. The van der Waals surface area contributed by atoms with E-state index in [1.54, 1.807) is 12.1 Å². The van der Waals surface area contributed by atoms with Gasteiger partial charge in [-0.25, -0.2) is 13.5 Å². The largest absolute Gasteiger partial charge is 0.482 e. The van der Waals surface area contributed by atoms with Gasteiger partial charge in [0, 0.05) is 12.7 Å². The number of anilines is 1. The zero-order chi connectivity index (χ0) is 23.1. The smallest absolute Gasteiger partial charge is 0.243 e. The summed E-state index contributed by atoms with van der Waals surface area (Å²) < 4.78 is 33.0. The highest BCUT2D eigenvalue weighted by Gasteiger charge is 2.17. The van der Waals surface area contributed by atoms with Gasteiger partial charge in [0.1, 0.15) is 12.4 Å². The number of nitrogens with zero attached hydrogens (tertiary/aromatic N) is 4. The van der Waals surface area contributed by atoms with Crippen molar-refractivity contribution in [2.24, 2.45) is 0 Å². The molecule has 0 unspecified atom stereocenters. The Kier molecular flexibility index (Phi) is 7.60. The molecule has 3 rings (SSSR count). The Balaban J connectivity index is 1.47. The second-order valence-corrected chi connectivity index (χ2v) is 7.52. The lowest BCUT2D eigenvalue weighted by Crippen LogP contribution is -2.36. The fraction of sp³-hybridized carbons (Fsp3) is 0.200. The number of amides is 2. The Morgan fingerprint density at radius 3 is 2.59 bits per heavy atom. The molecule has 2 aromatic carbocycles. The Morgan fingerprint density at radius 1 is 1.16 bits per heavy atom. The lowest BCUT2D eigenvalue weighted by atomic mass is 10.3. The minimum Gasteiger partial charge on any atom is -0.482 e. The van der Waals surface area contributed by atoms with Crippen LogP contribution in [0.25, 0.3) is 0 Å². The van der Waals surface area contributed by atoms with Crippen LogP contribution in [-0.2, 0) is 16.2 Å². The summed E-state index contributed by atoms with van der Waals surface area (Å²) in [5.41, 5.74) is 0.424. The lowest BCUT2D eigenvalue weighted by Gasteiger charge is -2.16. The molecule has 0 radical (unpaired) electrons. The van der Waals surface area contributed by atoms with Crippen molar-refractivity contribution in [2.75, 3.05) is 30.5 Å². The maximum Gasteiger partial charge on any atom is 0.243 e. The molecule has 3 N–H and O–H groups in total.